The van der Waals surface area contributed by atoms with Gasteiger partial charge in [-0.25, -0.2) is 9.37 Å². The molecule has 1 amide bonds. The van der Waals surface area contributed by atoms with Gasteiger partial charge in [-0.15, -0.1) is 12.4 Å². The Balaban J connectivity index is 0.00000210. The minimum absolute atomic E-state index is 0. The lowest BCUT2D eigenvalue weighted by Gasteiger charge is -2.36. The summed E-state index contributed by atoms with van der Waals surface area (Å²) < 4.78 is 15.4. The fourth-order valence-electron chi connectivity index (χ4n) is 3.44. The van der Waals surface area contributed by atoms with Crippen LogP contribution in [-0.2, 0) is 7.05 Å². The summed E-state index contributed by atoms with van der Waals surface area (Å²) in [5, 5.41) is 3.80. The highest BCUT2D eigenvalue weighted by molar-refractivity contribution is 6.06. The molecule has 142 valence electrons. The van der Waals surface area contributed by atoms with Gasteiger partial charge in [-0.1, -0.05) is 0 Å². The fourth-order valence-corrected chi connectivity index (χ4v) is 3.44. The number of benzene rings is 1. The van der Waals surface area contributed by atoms with Gasteiger partial charge in [0.05, 0.1) is 11.1 Å². The number of aryl methyl sites for hydroxylation is 1. The molecule has 3 heterocycles. The Hall–Kier alpha value is -2.71. The molecule has 27 heavy (non-hydrogen) atoms. The van der Waals surface area contributed by atoms with E-state index in [-0.39, 0.29) is 29.9 Å². The van der Waals surface area contributed by atoms with Crippen LogP contribution in [0.1, 0.15) is 22.2 Å². The van der Waals surface area contributed by atoms with Crippen molar-refractivity contribution >= 4 is 29.2 Å². The van der Waals surface area contributed by atoms with Gasteiger partial charge in [0, 0.05) is 50.5 Å². The molecule has 4 rings (SSSR count). The highest BCUT2D eigenvalue weighted by atomic mass is 35.5. The van der Waals surface area contributed by atoms with E-state index >= 15 is 0 Å². The summed E-state index contributed by atoms with van der Waals surface area (Å²) in [5.74, 6) is 0.0405. The van der Waals surface area contributed by atoms with Gasteiger partial charge in [-0.2, -0.15) is 0 Å². The van der Waals surface area contributed by atoms with Crippen molar-refractivity contribution in [2.45, 2.75) is 6.04 Å². The summed E-state index contributed by atoms with van der Waals surface area (Å²) in [6.45, 7) is 1.72. The lowest BCUT2D eigenvalue weighted by Crippen LogP contribution is -2.49. The van der Waals surface area contributed by atoms with E-state index in [2.05, 4.69) is 15.3 Å². The molecule has 1 saturated heterocycles. The standard InChI is InChI=1S/C18H18FN5O2.ClH/c1-23-6-5-21-17(23)15-10-20-4-7-24(15)18(26)13-9-16(25)22-14-8-11(19)2-3-12(13)14;/h2-3,5-6,8-9,15,20H,4,7,10H2,1H3,(H,22,25);1H. The van der Waals surface area contributed by atoms with E-state index < -0.39 is 11.4 Å². The zero-order valence-corrected chi connectivity index (χ0v) is 15.4. The number of H-pyrrole nitrogens is 1. The molecule has 2 N–H and O–H groups in total. The minimum atomic E-state index is -0.467. The van der Waals surface area contributed by atoms with E-state index in [9.17, 15) is 14.0 Å². The van der Waals surface area contributed by atoms with Crippen LogP contribution in [0, 0.1) is 5.82 Å². The predicted molar refractivity (Wildman–Crippen MR) is 102 cm³/mol. The number of rotatable bonds is 2. The maximum absolute atomic E-state index is 13.5. The van der Waals surface area contributed by atoms with Crippen LogP contribution in [0.25, 0.3) is 10.9 Å². The van der Waals surface area contributed by atoms with E-state index in [1.165, 1.54) is 24.3 Å². The predicted octanol–water partition coefficient (Wildman–Crippen LogP) is 1.61. The maximum atomic E-state index is 13.5. The third kappa shape index (κ3) is 3.45. The van der Waals surface area contributed by atoms with Crippen LogP contribution in [0.15, 0.2) is 41.5 Å². The molecule has 1 fully saturated rings. The van der Waals surface area contributed by atoms with Crippen LogP contribution >= 0.6 is 12.4 Å². The molecule has 0 radical (unpaired) electrons. The highest BCUT2D eigenvalue weighted by Gasteiger charge is 2.32. The van der Waals surface area contributed by atoms with Gasteiger partial charge in [0.15, 0.2) is 0 Å². The molecule has 1 aliphatic rings. The van der Waals surface area contributed by atoms with E-state index in [1.807, 2.05) is 17.8 Å². The summed E-state index contributed by atoms with van der Waals surface area (Å²) in [5.41, 5.74) is 0.143. The minimum Gasteiger partial charge on any atom is -0.336 e. The van der Waals surface area contributed by atoms with Crippen LogP contribution in [0.2, 0.25) is 0 Å². The number of imidazole rings is 1. The first kappa shape index (κ1) is 19.1. The normalized spacial score (nSPS) is 17.0. The monoisotopic (exact) mass is 391 g/mol. The number of amides is 1. The van der Waals surface area contributed by atoms with Crippen LogP contribution in [0.5, 0.6) is 0 Å². The second kappa shape index (κ2) is 7.50. The lowest BCUT2D eigenvalue weighted by molar-refractivity contribution is 0.0622. The van der Waals surface area contributed by atoms with Gasteiger partial charge in [0.25, 0.3) is 5.91 Å². The van der Waals surface area contributed by atoms with Crippen molar-refractivity contribution in [3.05, 3.63) is 64.2 Å². The summed E-state index contributed by atoms with van der Waals surface area (Å²) in [7, 11) is 1.88. The van der Waals surface area contributed by atoms with Crippen LogP contribution in [-0.4, -0.2) is 45.0 Å². The maximum Gasteiger partial charge on any atom is 0.255 e. The van der Waals surface area contributed by atoms with Crippen LogP contribution in [0.3, 0.4) is 0 Å². The molecule has 1 aromatic carbocycles. The van der Waals surface area contributed by atoms with Crippen molar-refractivity contribution in [1.82, 2.24) is 24.8 Å². The lowest BCUT2D eigenvalue weighted by atomic mass is 10.1. The van der Waals surface area contributed by atoms with Gasteiger partial charge in [-0.3, -0.25) is 9.59 Å². The molecule has 1 atom stereocenters. The Kier molecular flexibility index (Phi) is 5.29. The third-order valence-corrected chi connectivity index (χ3v) is 4.70. The molecule has 0 bridgehead atoms. The number of aromatic nitrogens is 3. The SMILES string of the molecule is Cl.Cn1ccnc1C1CNCCN1C(=O)c1cc(=O)[nH]c2cc(F)ccc12. The number of nitrogens with zero attached hydrogens (tertiary/aromatic N) is 3. The van der Waals surface area contributed by atoms with Crippen molar-refractivity contribution in [3.63, 3.8) is 0 Å². The molecule has 1 aliphatic heterocycles. The zero-order valence-electron chi connectivity index (χ0n) is 14.6. The molecule has 1 unspecified atom stereocenters. The number of pyridine rings is 1. The Labute approximate surface area is 160 Å². The summed E-state index contributed by atoms with van der Waals surface area (Å²) in [6.07, 6.45) is 3.52. The Morgan fingerprint density at radius 3 is 2.89 bits per heavy atom. The van der Waals surface area contributed by atoms with E-state index in [4.69, 9.17) is 0 Å². The number of carbonyl (C=O) groups is 1. The average Bonchev–Trinajstić information content (AvgIpc) is 3.06. The van der Waals surface area contributed by atoms with E-state index in [0.717, 1.165) is 5.82 Å². The molecule has 2 aromatic heterocycles. The van der Waals surface area contributed by atoms with E-state index in [1.54, 1.807) is 11.1 Å². The average molecular weight is 392 g/mol. The number of hydrogen-bond donors (Lipinski definition) is 2. The van der Waals surface area contributed by atoms with E-state index in [0.29, 0.717) is 30.5 Å². The number of fused-ring (bicyclic) bond motifs is 1. The molecular formula is C18H19ClFN5O2. The number of halogens is 2. The van der Waals surface area contributed by atoms with Gasteiger partial charge in [0.2, 0.25) is 5.56 Å². The Morgan fingerprint density at radius 2 is 2.15 bits per heavy atom. The van der Waals surface area contributed by atoms with Crippen molar-refractivity contribution in [2.24, 2.45) is 7.05 Å². The van der Waals surface area contributed by atoms with Gasteiger partial charge in [-0.05, 0) is 18.2 Å². The number of nitrogens with one attached hydrogen (secondary N) is 2. The summed E-state index contributed by atoms with van der Waals surface area (Å²) >= 11 is 0. The Morgan fingerprint density at radius 1 is 1.33 bits per heavy atom. The topological polar surface area (TPSA) is 83.0 Å². The Bertz CT molecular complexity index is 1050. The second-order valence-electron chi connectivity index (χ2n) is 6.35. The van der Waals surface area contributed by atoms with Crippen molar-refractivity contribution in [1.29, 1.82) is 0 Å². The molecule has 0 saturated carbocycles. The molecule has 3 aromatic rings. The second-order valence-corrected chi connectivity index (χ2v) is 6.35. The number of hydrogen-bond acceptors (Lipinski definition) is 4. The first-order valence-corrected chi connectivity index (χ1v) is 8.36. The van der Waals surface area contributed by atoms with Crippen LogP contribution in [0.4, 0.5) is 4.39 Å². The molecule has 0 aliphatic carbocycles. The quantitative estimate of drug-likeness (QED) is 0.695. The van der Waals surface area contributed by atoms with Gasteiger partial charge in [0.1, 0.15) is 17.7 Å². The molecular weight excluding hydrogens is 373 g/mol. The molecule has 9 heteroatoms. The fraction of sp³-hybridized carbons (Fsp3) is 0.278. The number of piperazine rings is 1. The van der Waals surface area contributed by atoms with Crippen molar-refractivity contribution in [3.8, 4) is 0 Å². The molecule has 7 nitrogen and oxygen atoms in total. The number of aromatic amines is 1. The zero-order chi connectivity index (χ0) is 18.3. The third-order valence-electron chi connectivity index (χ3n) is 4.70. The smallest absolute Gasteiger partial charge is 0.255 e. The van der Waals surface area contributed by atoms with Crippen LogP contribution < -0.4 is 10.9 Å². The molecule has 0 spiro atoms. The summed E-state index contributed by atoms with van der Waals surface area (Å²) in [6, 6.07) is 5.06. The highest BCUT2D eigenvalue weighted by Crippen LogP contribution is 2.25. The summed E-state index contributed by atoms with van der Waals surface area (Å²) in [4.78, 5) is 33.9. The largest absolute Gasteiger partial charge is 0.336 e. The van der Waals surface area contributed by atoms with Gasteiger partial charge < -0.3 is 19.8 Å². The first-order valence-electron chi connectivity index (χ1n) is 8.36. The van der Waals surface area contributed by atoms with Crippen molar-refractivity contribution < 1.29 is 9.18 Å². The number of carbonyl (C=O) groups excluding carboxylic acids is 1. The van der Waals surface area contributed by atoms with Gasteiger partial charge >= 0.3 is 0 Å². The first-order chi connectivity index (χ1) is 12.5. The van der Waals surface area contributed by atoms with Crippen molar-refractivity contribution in [2.75, 3.05) is 19.6 Å².